The molecule has 4 fully saturated rings. The van der Waals surface area contributed by atoms with Gasteiger partial charge in [-0.3, -0.25) is 4.79 Å². The molecule has 5 unspecified atom stereocenters. The number of piperidine rings is 1. The van der Waals surface area contributed by atoms with Gasteiger partial charge in [-0.25, -0.2) is 0 Å². The van der Waals surface area contributed by atoms with E-state index in [1.54, 1.807) is 0 Å². The minimum atomic E-state index is -0.125. The maximum atomic E-state index is 10.0. The number of aliphatic hydroxyl groups is 1. The summed E-state index contributed by atoms with van der Waals surface area (Å²) in [7, 11) is 0. The van der Waals surface area contributed by atoms with Gasteiger partial charge in [0.1, 0.15) is 0 Å². The molecule has 1 radical (unpaired) electrons. The molecule has 0 amide bonds. The van der Waals surface area contributed by atoms with Gasteiger partial charge in [-0.05, 0) is 19.8 Å². The largest absolute Gasteiger partial charge is 0.658 e. The third-order valence-corrected chi connectivity index (χ3v) is 7.92. The Labute approximate surface area is 198 Å². The fourth-order valence-electron chi connectivity index (χ4n) is 6.42. The monoisotopic (exact) mass is 594 g/mol. The van der Waals surface area contributed by atoms with Crippen molar-refractivity contribution in [3.8, 4) is 0 Å². The summed E-state index contributed by atoms with van der Waals surface area (Å²) >= 11 is 0. The molecule has 1 aliphatic heterocycles. The van der Waals surface area contributed by atoms with Gasteiger partial charge in [-0.2, -0.15) is 18.4 Å². The van der Waals surface area contributed by atoms with Crippen LogP contribution in [0.25, 0.3) is 5.32 Å². The fraction of sp³-hybridized carbons (Fsp3) is 0.846. The number of hydrogen-bond donors (Lipinski definition) is 1. The minimum absolute atomic E-state index is 0. The molecule has 0 aromatic rings. The molecular formula is C26H43IrNO2-2. The Morgan fingerprint density at radius 3 is 2.03 bits per heavy atom. The first-order chi connectivity index (χ1) is 14.0. The molecule has 1 N–H and O–H groups in total. The molecular weight excluding hydrogens is 551 g/mol. The first-order valence-electron chi connectivity index (χ1n) is 12.4. The van der Waals surface area contributed by atoms with Gasteiger partial charge in [0.05, 0.1) is 5.76 Å². The first-order valence-corrected chi connectivity index (χ1v) is 12.4. The number of ketones is 1. The second-order valence-electron chi connectivity index (χ2n) is 10.2. The topological polar surface area (TPSA) is 51.4 Å². The van der Waals surface area contributed by atoms with Gasteiger partial charge in [0.2, 0.25) is 0 Å². The summed E-state index contributed by atoms with van der Waals surface area (Å²) in [6.45, 7) is 2.85. The smallest absolute Gasteiger partial charge is 0.155 e. The number of fused-ring (bicyclic) bond motifs is 1. The molecule has 3 aliphatic carbocycles. The van der Waals surface area contributed by atoms with E-state index >= 15 is 0 Å². The molecule has 0 aromatic heterocycles. The van der Waals surface area contributed by atoms with E-state index < -0.39 is 0 Å². The van der Waals surface area contributed by atoms with Crippen molar-refractivity contribution in [2.24, 2.45) is 23.7 Å². The van der Waals surface area contributed by atoms with Crippen LogP contribution in [0.3, 0.4) is 0 Å². The predicted molar refractivity (Wildman–Crippen MR) is 121 cm³/mol. The van der Waals surface area contributed by atoms with Crippen molar-refractivity contribution in [3.63, 3.8) is 0 Å². The number of allylic oxidation sites excluding steroid dienone is 2. The van der Waals surface area contributed by atoms with E-state index in [4.69, 9.17) is 10.4 Å². The summed E-state index contributed by atoms with van der Waals surface area (Å²) in [4.78, 5) is 10.0. The van der Waals surface area contributed by atoms with Crippen LogP contribution in [0.2, 0.25) is 0 Å². The van der Waals surface area contributed by atoms with E-state index in [1.807, 2.05) is 0 Å². The molecule has 0 bridgehead atoms. The molecule has 4 heteroatoms. The second kappa shape index (κ2) is 13.4. The molecule has 175 valence electrons. The van der Waals surface area contributed by atoms with Crippen LogP contribution in [-0.4, -0.2) is 23.0 Å². The van der Waals surface area contributed by atoms with Crippen LogP contribution < -0.4 is 0 Å². The van der Waals surface area contributed by atoms with E-state index in [9.17, 15) is 4.79 Å². The molecule has 0 spiro atoms. The Balaban J connectivity index is 0.000000350. The Morgan fingerprint density at radius 2 is 1.43 bits per heavy atom. The summed E-state index contributed by atoms with van der Waals surface area (Å²) in [5.74, 6) is 3.83. The summed E-state index contributed by atoms with van der Waals surface area (Å²) < 4.78 is 0. The van der Waals surface area contributed by atoms with Crippen molar-refractivity contribution < 1.29 is 30.0 Å². The number of carbonyl (C=O) groups excluding carboxylic acids is 1. The van der Waals surface area contributed by atoms with Crippen LogP contribution >= 0.6 is 0 Å². The predicted octanol–water partition coefficient (Wildman–Crippen LogP) is 7.32. The normalized spacial score (nSPS) is 35.3. The van der Waals surface area contributed by atoms with Crippen LogP contribution in [0.4, 0.5) is 0 Å². The van der Waals surface area contributed by atoms with Gasteiger partial charge in [-0.15, -0.1) is 6.04 Å². The molecule has 3 saturated carbocycles. The number of aliphatic hydroxyl groups excluding tert-OH is 1. The third kappa shape index (κ3) is 8.06. The molecule has 4 rings (SSSR count). The Kier molecular flexibility index (Phi) is 11.6. The van der Waals surface area contributed by atoms with E-state index in [0.29, 0.717) is 6.04 Å². The number of carbonyl (C=O) groups is 1. The average Bonchev–Trinajstić information content (AvgIpc) is 2.74. The summed E-state index contributed by atoms with van der Waals surface area (Å²) in [5.41, 5.74) is 0. The fourth-order valence-corrected chi connectivity index (χ4v) is 6.42. The van der Waals surface area contributed by atoms with E-state index in [2.05, 4.69) is 6.42 Å². The molecule has 3 nitrogen and oxygen atoms in total. The van der Waals surface area contributed by atoms with E-state index in [-0.39, 0.29) is 31.6 Å². The van der Waals surface area contributed by atoms with Crippen LogP contribution in [0.1, 0.15) is 104 Å². The minimum Gasteiger partial charge on any atom is -0.658 e. The van der Waals surface area contributed by atoms with Crippen molar-refractivity contribution in [3.05, 3.63) is 23.6 Å². The SMILES string of the molecule is CC(=O)/C=C(/C)O.[CH-]1CC(C2CCCCC2)CCC1C1CCC2CCCCC2[N-]1.[Ir]. The third-order valence-electron chi connectivity index (χ3n) is 7.92. The zero-order valence-electron chi connectivity index (χ0n) is 19.2. The average molecular weight is 594 g/mol. The molecule has 1 saturated heterocycles. The van der Waals surface area contributed by atoms with Gasteiger partial charge >= 0.3 is 0 Å². The molecule has 30 heavy (non-hydrogen) atoms. The summed E-state index contributed by atoms with van der Waals surface area (Å²) in [6.07, 6.45) is 24.5. The standard InChI is InChI=1S/C21H35N.C5H8O2.Ir/c1-2-6-16(7-3-1)17-10-12-19(13-11-17)21-15-14-18-8-4-5-9-20(18)22-21;1-4(6)3-5(2)7;/h12,16-21H,1-11,13-15H2;3,6H,1-2H3;/q-2;;/b;4-3-;. The van der Waals surface area contributed by atoms with E-state index in [0.717, 1.165) is 29.7 Å². The maximum absolute atomic E-state index is 10.0. The maximum Gasteiger partial charge on any atom is 0.155 e. The van der Waals surface area contributed by atoms with Crippen molar-refractivity contribution in [1.29, 1.82) is 0 Å². The van der Waals surface area contributed by atoms with Gasteiger partial charge < -0.3 is 16.8 Å². The van der Waals surface area contributed by atoms with Gasteiger partial charge in [0, 0.05) is 26.2 Å². The first kappa shape index (κ1) is 26.1. The van der Waals surface area contributed by atoms with E-state index in [1.165, 1.54) is 110 Å². The van der Waals surface area contributed by atoms with Gasteiger partial charge in [0.15, 0.2) is 5.78 Å². The second-order valence-corrected chi connectivity index (χ2v) is 10.2. The molecule has 4 aliphatic rings. The Morgan fingerprint density at radius 1 is 0.800 bits per heavy atom. The van der Waals surface area contributed by atoms with Crippen LogP contribution in [0.15, 0.2) is 11.8 Å². The zero-order chi connectivity index (χ0) is 20.6. The van der Waals surface area contributed by atoms with Crippen molar-refractivity contribution >= 4 is 5.78 Å². The molecule has 5 atom stereocenters. The molecule has 0 aromatic carbocycles. The number of hydrogen-bond acceptors (Lipinski definition) is 2. The van der Waals surface area contributed by atoms with Crippen LogP contribution in [0, 0.1) is 30.1 Å². The number of rotatable bonds is 3. The van der Waals surface area contributed by atoms with Gasteiger partial charge in [-0.1, -0.05) is 95.3 Å². The van der Waals surface area contributed by atoms with Crippen LogP contribution in [-0.2, 0) is 24.9 Å². The van der Waals surface area contributed by atoms with Crippen molar-refractivity contribution in [1.82, 2.24) is 0 Å². The number of nitrogens with zero attached hydrogens (tertiary/aromatic N) is 1. The summed E-state index contributed by atoms with van der Waals surface area (Å²) in [5, 5.41) is 13.7. The Bertz CT molecular complexity index is 531. The van der Waals surface area contributed by atoms with Crippen LogP contribution in [0.5, 0.6) is 0 Å². The quantitative estimate of drug-likeness (QED) is 0.212. The Hall–Kier alpha value is -0.181. The summed E-state index contributed by atoms with van der Waals surface area (Å²) in [6, 6.07) is 1.45. The van der Waals surface area contributed by atoms with Gasteiger partial charge in [0.25, 0.3) is 0 Å². The molecule has 1 heterocycles. The van der Waals surface area contributed by atoms with Crippen molar-refractivity contribution in [2.75, 3.05) is 0 Å². The zero-order valence-corrected chi connectivity index (χ0v) is 21.5. The van der Waals surface area contributed by atoms with Crippen molar-refractivity contribution in [2.45, 2.75) is 116 Å².